The van der Waals surface area contributed by atoms with Crippen LogP contribution in [0.15, 0.2) is 78.9 Å². The molecule has 3 aromatic carbocycles. The summed E-state index contributed by atoms with van der Waals surface area (Å²) in [6, 6.07) is 26.2. The van der Waals surface area contributed by atoms with E-state index >= 15 is 0 Å². The summed E-state index contributed by atoms with van der Waals surface area (Å²) in [6.07, 6.45) is 0.904. The van der Waals surface area contributed by atoms with E-state index in [2.05, 4.69) is 48.2 Å². The summed E-state index contributed by atoms with van der Waals surface area (Å²) in [6.45, 7) is 3.73. The molecule has 0 heterocycles. The Labute approximate surface area is 215 Å². The molecule has 3 aromatic rings. The quantitative estimate of drug-likeness (QED) is 0.331. The van der Waals surface area contributed by atoms with Crippen molar-refractivity contribution in [2.45, 2.75) is 13.3 Å². The molecule has 0 bridgehead atoms. The van der Waals surface area contributed by atoms with E-state index in [1.807, 2.05) is 44.4 Å². The van der Waals surface area contributed by atoms with Crippen molar-refractivity contribution in [3.05, 3.63) is 95.6 Å². The number of nitrogens with zero attached hydrogens (tertiary/aromatic N) is 1. The third kappa shape index (κ3) is 6.71. The summed E-state index contributed by atoms with van der Waals surface area (Å²) in [5.41, 5.74) is 5.89. The fourth-order valence-electron chi connectivity index (χ4n) is 3.37. The molecule has 0 aromatic heterocycles. The number of phenols is 1. The molecule has 0 aliphatic rings. The van der Waals surface area contributed by atoms with Crippen molar-refractivity contribution in [2.24, 2.45) is 0 Å². The van der Waals surface area contributed by atoms with Crippen LogP contribution in [0.3, 0.4) is 0 Å². The number of hydrogen-bond acceptors (Lipinski definition) is 3. The van der Waals surface area contributed by atoms with Crippen LogP contribution in [0, 0.1) is 44.1 Å². The van der Waals surface area contributed by atoms with E-state index in [1.54, 1.807) is 12.1 Å². The summed E-state index contributed by atoms with van der Waals surface area (Å²) in [4.78, 5) is 2.10. The maximum atomic E-state index is 9.74. The second-order valence-corrected chi connectivity index (χ2v) is 7.30. The Bertz CT molecular complexity index is 933. The van der Waals surface area contributed by atoms with Gasteiger partial charge >= 0.3 is 0 Å². The molecule has 1 N–H and O–H groups in total. The van der Waals surface area contributed by atoms with Crippen LogP contribution in [-0.4, -0.2) is 37.3 Å². The monoisotopic (exact) mass is 614 g/mol. The van der Waals surface area contributed by atoms with E-state index in [1.165, 1.54) is 16.7 Å². The topological polar surface area (TPSA) is 32.7 Å². The van der Waals surface area contributed by atoms with E-state index in [0.717, 1.165) is 29.8 Å². The summed E-state index contributed by atoms with van der Waals surface area (Å²) in [7, 11) is 4.08. The van der Waals surface area contributed by atoms with Gasteiger partial charge in [0, 0.05) is 50.6 Å². The Balaban J connectivity index is 0.00000320. The molecule has 4 heteroatoms. The number of hydrogen-bond donors (Lipinski definition) is 1. The first-order valence-electron chi connectivity index (χ1n) is 10.0. The van der Waals surface area contributed by atoms with Crippen molar-refractivity contribution < 1.29 is 53.9 Å². The SMILES string of the molecule is CC/C(=C(\c1ccc(O)cc1)c1ccc(OCCN(C)C)cc1)c1ccccc1.[Ac]. The minimum absolute atomic E-state index is 0. The van der Waals surface area contributed by atoms with Crippen LogP contribution in [0.5, 0.6) is 11.5 Å². The molecule has 0 aliphatic heterocycles. The molecule has 0 spiro atoms. The largest absolute Gasteiger partial charge is 0.508 e. The molecule has 0 aliphatic carbocycles. The smallest absolute Gasteiger partial charge is 0.119 e. The van der Waals surface area contributed by atoms with Gasteiger partial charge in [-0.05, 0) is 72.6 Å². The number of allylic oxidation sites excluding steroid dienone is 1. The van der Waals surface area contributed by atoms with Crippen LogP contribution in [0.2, 0.25) is 0 Å². The van der Waals surface area contributed by atoms with Gasteiger partial charge in [-0.2, -0.15) is 0 Å². The Kier molecular flexibility index (Phi) is 10.1. The summed E-state index contributed by atoms with van der Waals surface area (Å²) < 4.78 is 5.85. The first-order chi connectivity index (χ1) is 14.1. The van der Waals surface area contributed by atoms with Crippen molar-refractivity contribution in [3.63, 3.8) is 0 Å². The first-order valence-corrected chi connectivity index (χ1v) is 10.0. The van der Waals surface area contributed by atoms with Crippen LogP contribution >= 0.6 is 0 Å². The van der Waals surface area contributed by atoms with Gasteiger partial charge < -0.3 is 14.7 Å². The van der Waals surface area contributed by atoms with Crippen molar-refractivity contribution in [3.8, 4) is 11.5 Å². The third-order valence-corrected chi connectivity index (χ3v) is 4.88. The number of aromatic hydroxyl groups is 1. The number of ether oxygens (including phenoxy) is 1. The summed E-state index contributed by atoms with van der Waals surface area (Å²) in [5, 5.41) is 9.74. The summed E-state index contributed by atoms with van der Waals surface area (Å²) in [5.74, 6) is 1.15. The molecular weight excluding hydrogens is 585 g/mol. The molecule has 30 heavy (non-hydrogen) atoms. The fourth-order valence-corrected chi connectivity index (χ4v) is 3.37. The fraction of sp³-hybridized carbons (Fsp3) is 0.231. The number of phenolic OH excluding ortho intramolecular Hbond substituents is 1. The Morgan fingerprint density at radius 2 is 1.37 bits per heavy atom. The Hall–Kier alpha value is -1.60. The van der Waals surface area contributed by atoms with Gasteiger partial charge in [0.1, 0.15) is 18.1 Å². The van der Waals surface area contributed by atoms with Crippen LogP contribution in [0.25, 0.3) is 11.1 Å². The van der Waals surface area contributed by atoms with E-state index in [-0.39, 0.29) is 49.8 Å². The van der Waals surface area contributed by atoms with Gasteiger partial charge in [-0.15, -0.1) is 0 Å². The molecule has 0 unspecified atom stereocenters. The van der Waals surface area contributed by atoms with Gasteiger partial charge in [0.25, 0.3) is 0 Å². The number of benzene rings is 3. The van der Waals surface area contributed by atoms with E-state index in [0.29, 0.717) is 6.61 Å². The third-order valence-electron chi connectivity index (χ3n) is 4.88. The van der Waals surface area contributed by atoms with Crippen LogP contribution < -0.4 is 4.74 Å². The van der Waals surface area contributed by atoms with Gasteiger partial charge in [-0.25, -0.2) is 0 Å². The molecule has 0 saturated heterocycles. The van der Waals surface area contributed by atoms with E-state index < -0.39 is 0 Å². The van der Waals surface area contributed by atoms with Crippen molar-refractivity contribution in [2.75, 3.05) is 27.2 Å². The van der Waals surface area contributed by atoms with Gasteiger partial charge in [-0.1, -0.05) is 61.5 Å². The molecule has 153 valence electrons. The molecule has 0 saturated carbocycles. The predicted molar refractivity (Wildman–Crippen MR) is 121 cm³/mol. The van der Waals surface area contributed by atoms with Crippen molar-refractivity contribution >= 4 is 11.1 Å². The normalized spacial score (nSPS) is 11.6. The van der Waals surface area contributed by atoms with Crippen LogP contribution in [-0.2, 0) is 0 Å². The van der Waals surface area contributed by atoms with E-state index in [9.17, 15) is 5.11 Å². The van der Waals surface area contributed by atoms with Gasteiger partial charge in [-0.3, -0.25) is 0 Å². The van der Waals surface area contributed by atoms with Gasteiger partial charge in [0.2, 0.25) is 0 Å². The second kappa shape index (κ2) is 12.3. The second-order valence-electron chi connectivity index (χ2n) is 7.30. The molecule has 0 fully saturated rings. The zero-order valence-corrected chi connectivity index (χ0v) is 22.8. The van der Waals surface area contributed by atoms with Crippen molar-refractivity contribution in [1.29, 1.82) is 0 Å². The Morgan fingerprint density at radius 1 is 0.800 bits per heavy atom. The van der Waals surface area contributed by atoms with Crippen molar-refractivity contribution in [1.82, 2.24) is 4.90 Å². The Morgan fingerprint density at radius 3 is 1.90 bits per heavy atom. The maximum absolute atomic E-state index is 9.74. The minimum Gasteiger partial charge on any atom is -0.508 e. The predicted octanol–water partition coefficient (Wildman–Crippen LogP) is 5.70. The molecule has 0 atom stereocenters. The molecule has 0 amide bonds. The summed E-state index contributed by atoms with van der Waals surface area (Å²) >= 11 is 0. The average Bonchev–Trinajstić information content (AvgIpc) is 2.74. The number of rotatable bonds is 8. The van der Waals surface area contributed by atoms with Gasteiger partial charge in [0.05, 0.1) is 0 Å². The number of likely N-dealkylation sites (N-methyl/N-ethyl adjacent to an activating group) is 1. The van der Waals surface area contributed by atoms with Crippen LogP contribution in [0.4, 0.5) is 0 Å². The van der Waals surface area contributed by atoms with Crippen LogP contribution in [0.1, 0.15) is 30.0 Å². The first kappa shape index (κ1) is 24.7. The molecule has 1 radical (unpaired) electrons. The van der Waals surface area contributed by atoms with E-state index in [4.69, 9.17) is 4.74 Å². The molecular formula is C26H29AcNO2. The standard InChI is InChI=1S/C26H29NO2.Ac/c1-4-25(20-8-6-5-7-9-20)26(21-10-14-23(28)15-11-21)22-12-16-24(17-13-22)29-19-18-27(2)3;/h5-17,28H,4,18-19H2,1-3H3;/b26-25-;. The average molecular weight is 615 g/mol. The molecule has 3 rings (SSSR count). The molecule has 3 nitrogen and oxygen atoms in total. The van der Waals surface area contributed by atoms with Gasteiger partial charge in [0.15, 0.2) is 0 Å². The zero-order valence-electron chi connectivity index (χ0n) is 18.0. The zero-order chi connectivity index (χ0) is 20.6. The minimum atomic E-state index is 0. The maximum Gasteiger partial charge on any atom is 0.119 e.